The van der Waals surface area contributed by atoms with E-state index in [1.165, 1.54) is 18.3 Å². The highest BCUT2D eigenvalue weighted by molar-refractivity contribution is 5.95. The first-order valence-corrected chi connectivity index (χ1v) is 6.87. The summed E-state index contributed by atoms with van der Waals surface area (Å²) in [6.45, 7) is 0.540. The molecule has 112 valence electrons. The Morgan fingerprint density at radius 3 is 2.77 bits per heavy atom. The third-order valence-corrected chi connectivity index (χ3v) is 3.51. The smallest absolute Gasteiger partial charge is 0.354 e. The van der Waals surface area contributed by atoms with Gasteiger partial charge in [-0.1, -0.05) is 18.2 Å². The molecule has 1 aliphatic rings. The molecule has 3 rings (SSSR count). The highest BCUT2D eigenvalue weighted by Gasteiger charge is 2.23. The number of amides is 1. The number of nitrogens with one attached hydrogen (secondary N) is 1. The minimum Gasteiger partial charge on any atom is -0.493 e. The summed E-state index contributed by atoms with van der Waals surface area (Å²) in [6.07, 6.45) is 1.95. The number of hydrogen-bond donors (Lipinski definition) is 2. The van der Waals surface area contributed by atoms with Crippen molar-refractivity contribution >= 4 is 11.9 Å². The number of rotatable bonds is 3. The van der Waals surface area contributed by atoms with Crippen LogP contribution in [0.5, 0.6) is 5.75 Å². The number of aromatic carboxylic acids is 1. The number of aromatic nitrogens is 1. The average molecular weight is 298 g/mol. The van der Waals surface area contributed by atoms with Crippen LogP contribution in [-0.4, -0.2) is 28.6 Å². The Balaban J connectivity index is 1.76. The van der Waals surface area contributed by atoms with Crippen LogP contribution in [0.15, 0.2) is 42.6 Å². The van der Waals surface area contributed by atoms with Crippen LogP contribution in [0.25, 0.3) is 0 Å². The number of benzene rings is 1. The lowest BCUT2D eigenvalue weighted by atomic mass is 10.0. The van der Waals surface area contributed by atoms with Crippen molar-refractivity contribution in [2.45, 2.75) is 12.5 Å². The largest absolute Gasteiger partial charge is 0.493 e. The Hall–Kier alpha value is -2.89. The number of ether oxygens (including phenoxy) is 1. The van der Waals surface area contributed by atoms with Crippen LogP contribution in [0, 0.1) is 0 Å². The van der Waals surface area contributed by atoms with Gasteiger partial charge in [-0.25, -0.2) is 9.78 Å². The topological polar surface area (TPSA) is 88.5 Å². The lowest BCUT2D eigenvalue weighted by Crippen LogP contribution is -2.32. The van der Waals surface area contributed by atoms with Gasteiger partial charge >= 0.3 is 5.97 Å². The van der Waals surface area contributed by atoms with Crippen LogP contribution in [0.1, 0.15) is 38.9 Å². The minimum absolute atomic E-state index is 0.0898. The Kier molecular flexibility index (Phi) is 3.74. The van der Waals surface area contributed by atoms with Crippen molar-refractivity contribution < 1.29 is 19.4 Å². The molecule has 1 amide bonds. The van der Waals surface area contributed by atoms with Crippen molar-refractivity contribution in [2.24, 2.45) is 0 Å². The van der Waals surface area contributed by atoms with E-state index in [0.717, 1.165) is 11.3 Å². The molecule has 0 saturated carbocycles. The van der Waals surface area contributed by atoms with Crippen LogP contribution >= 0.6 is 0 Å². The molecule has 1 aromatic heterocycles. The fourth-order valence-corrected chi connectivity index (χ4v) is 2.39. The number of carbonyl (C=O) groups is 2. The fraction of sp³-hybridized carbons (Fsp3) is 0.188. The molecule has 2 N–H and O–H groups in total. The molecule has 0 bridgehead atoms. The number of carboxylic acid groups (broad SMARTS) is 1. The van der Waals surface area contributed by atoms with Crippen LogP contribution < -0.4 is 10.1 Å². The highest BCUT2D eigenvalue weighted by atomic mass is 16.5. The maximum Gasteiger partial charge on any atom is 0.354 e. The molecule has 0 radical (unpaired) electrons. The molecule has 1 atom stereocenters. The lowest BCUT2D eigenvalue weighted by molar-refractivity contribution is 0.0689. The summed E-state index contributed by atoms with van der Waals surface area (Å²) in [5.41, 5.74) is 1.18. The number of carbonyl (C=O) groups excluding carboxylic acids is 1. The van der Waals surface area contributed by atoms with Crippen molar-refractivity contribution in [3.8, 4) is 5.75 Å². The quantitative estimate of drug-likeness (QED) is 0.905. The van der Waals surface area contributed by atoms with E-state index in [4.69, 9.17) is 9.84 Å². The molecule has 0 fully saturated rings. The standard InChI is InChI=1S/C16H14N2O4/c19-15(10-5-6-13(16(20)21)17-9-10)18-12-7-8-22-14-4-2-1-3-11(12)14/h1-6,9,12H,7-8H2,(H,18,19)(H,20,21). The molecular weight excluding hydrogens is 284 g/mol. The number of nitrogens with zero attached hydrogens (tertiary/aromatic N) is 1. The number of fused-ring (bicyclic) bond motifs is 1. The Labute approximate surface area is 126 Å². The molecule has 1 unspecified atom stereocenters. The van der Waals surface area contributed by atoms with Crippen molar-refractivity contribution in [3.63, 3.8) is 0 Å². The van der Waals surface area contributed by atoms with Gasteiger partial charge in [0, 0.05) is 18.2 Å². The third kappa shape index (κ3) is 2.76. The van der Waals surface area contributed by atoms with Crippen LogP contribution in [0.2, 0.25) is 0 Å². The molecule has 6 heteroatoms. The van der Waals surface area contributed by atoms with E-state index >= 15 is 0 Å². The van der Waals surface area contributed by atoms with E-state index in [2.05, 4.69) is 10.3 Å². The molecule has 1 aromatic carbocycles. The highest BCUT2D eigenvalue weighted by Crippen LogP contribution is 2.31. The van der Waals surface area contributed by atoms with Gasteiger partial charge in [0.05, 0.1) is 18.2 Å². The van der Waals surface area contributed by atoms with Gasteiger partial charge in [-0.05, 0) is 18.2 Å². The molecule has 1 aliphatic heterocycles. The SMILES string of the molecule is O=C(NC1CCOc2ccccc21)c1ccc(C(=O)O)nc1. The second-order valence-corrected chi connectivity index (χ2v) is 4.94. The lowest BCUT2D eigenvalue weighted by Gasteiger charge is -2.26. The molecule has 0 aliphatic carbocycles. The fourth-order valence-electron chi connectivity index (χ4n) is 2.39. The molecule has 0 spiro atoms. The van der Waals surface area contributed by atoms with Gasteiger partial charge in [0.15, 0.2) is 0 Å². The number of para-hydroxylation sites is 1. The first-order valence-electron chi connectivity index (χ1n) is 6.87. The normalized spacial score (nSPS) is 16.3. The minimum atomic E-state index is -1.12. The summed E-state index contributed by atoms with van der Waals surface area (Å²) in [5.74, 6) is -0.630. The molecule has 2 aromatic rings. The Morgan fingerprint density at radius 1 is 1.23 bits per heavy atom. The Bertz CT molecular complexity index is 712. The maximum absolute atomic E-state index is 12.3. The van der Waals surface area contributed by atoms with Gasteiger partial charge in [-0.3, -0.25) is 4.79 Å². The zero-order valence-corrected chi connectivity index (χ0v) is 11.7. The first-order chi connectivity index (χ1) is 10.6. The molecule has 2 heterocycles. The first kappa shape index (κ1) is 14.1. The summed E-state index contributed by atoms with van der Waals surface area (Å²) in [5, 5.41) is 11.7. The zero-order valence-electron chi connectivity index (χ0n) is 11.7. The monoisotopic (exact) mass is 298 g/mol. The van der Waals surface area contributed by atoms with Crippen molar-refractivity contribution in [2.75, 3.05) is 6.61 Å². The predicted octanol–water partition coefficient (Wildman–Crippen LogP) is 2.03. The van der Waals surface area contributed by atoms with E-state index in [9.17, 15) is 9.59 Å². The van der Waals surface area contributed by atoms with E-state index in [1.54, 1.807) is 0 Å². The van der Waals surface area contributed by atoms with Crippen molar-refractivity contribution in [3.05, 3.63) is 59.4 Å². The second-order valence-electron chi connectivity index (χ2n) is 4.94. The molecular formula is C16H14N2O4. The number of carboxylic acids is 1. The van der Waals surface area contributed by atoms with Gasteiger partial charge < -0.3 is 15.2 Å². The van der Waals surface area contributed by atoms with Gasteiger partial charge in [-0.2, -0.15) is 0 Å². The third-order valence-electron chi connectivity index (χ3n) is 3.51. The van der Waals surface area contributed by atoms with Gasteiger partial charge in [0.2, 0.25) is 0 Å². The van der Waals surface area contributed by atoms with Crippen molar-refractivity contribution in [1.82, 2.24) is 10.3 Å². The number of hydrogen-bond acceptors (Lipinski definition) is 4. The molecule has 6 nitrogen and oxygen atoms in total. The van der Waals surface area contributed by atoms with E-state index in [-0.39, 0.29) is 17.6 Å². The Morgan fingerprint density at radius 2 is 2.05 bits per heavy atom. The summed E-state index contributed by atoms with van der Waals surface area (Å²) < 4.78 is 5.55. The van der Waals surface area contributed by atoms with Gasteiger partial charge in [0.25, 0.3) is 5.91 Å². The van der Waals surface area contributed by atoms with Crippen molar-refractivity contribution in [1.29, 1.82) is 0 Å². The molecule has 0 saturated heterocycles. The summed E-state index contributed by atoms with van der Waals surface area (Å²) >= 11 is 0. The summed E-state index contributed by atoms with van der Waals surface area (Å²) in [4.78, 5) is 26.8. The zero-order chi connectivity index (χ0) is 15.5. The molecule has 22 heavy (non-hydrogen) atoms. The summed E-state index contributed by atoms with van der Waals surface area (Å²) in [6, 6.07) is 10.2. The average Bonchev–Trinajstić information content (AvgIpc) is 2.55. The number of pyridine rings is 1. The van der Waals surface area contributed by atoms with Gasteiger partial charge in [0.1, 0.15) is 11.4 Å². The van der Waals surface area contributed by atoms with E-state index in [0.29, 0.717) is 18.6 Å². The van der Waals surface area contributed by atoms with Crippen LogP contribution in [0.4, 0.5) is 0 Å². The van der Waals surface area contributed by atoms with E-state index in [1.807, 2.05) is 24.3 Å². The predicted molar refractivity (Wildman–Crippen MR) is 78.0 cm³/mol. The van der Waals surface area contributed by atoms with Crippen LogP contribution in [-0.2, 0) is 0 Å². The van der Waals surface area contributed by atoms with Gasteiger partial charge in [-0.15, -0.1) is 0 Å². The second kappa shape index (κ2) is 5.85. The maximum atomic E-state index is 12.3. The van der Waals surface area contributed by atoms with E-state index < -0.39 is 5.97 Å². The summed E-state index contributed by atoms with van der Waals surface area (Å²) in [7, 11) is 0. The van der Waals surface area contributed by atoms with Crippen LogP contribution in [0.3, 0.4) is 0 Å².